The van der Waals surface area contributed by atoms with Crippen LogP contribution in [0.1, 0.15) is 45.4 Å². The summed E-state index contributed by atoms with van der Waals surface area (Å²) in [5.74, 6) is 1.99. The van der Waals surface area contributed by atoms with Crippen molar-refractivity contribution in [3.63, 3.8) is 0 Å². The van der Waals surface area contributed by atoms with Crippen molar-refractivity contribution in [2.24, 2.45) is 13.0 Å². The third kappa shape index (κ3) is 3.96. The molecule has 0 bridgehead atoms. The van der Waals surface area contributed by atoms with Gasteiger partial charge in [-0.15, -0.1) is 0 Å². The second kappa shape index (κ2) is 7.53. The minimum absolute atomic E-state index is 0.710. The molecule has 19 heavy (non-hydrogen) atoms. The SMILES string of the molecule is CCNCc1c(C)nn(C)c1N(CC)CC(C)CC. The van der Waals surface area contributed by atoms with E-state index < -0.39 is 0 Å². The van der Waals surface area contributed by atoms with E-state index in [0.29, 0.717) is 5.92 Å². The molecule has 0 saturated carbocycles. The van der Waals surface area contributed by atoms with Crippen molar-refractivity contribution in [1.29, 1.82) is 0 Å². The highest BCUT2D eigenvalue weighted by atomic mass is 15.4. The molecule has 1 aromatic rings. The van der Waals surface area contributed by atoms with Crippen LogP contribution >= 0.6 is 0 Å². The molecule has 0 aliphatic rings. The Kier molecular flexibility index (Phi) is 6.35. The molecule has 4 nitrogen and oxygen atoms in total. The minimum Gasteiger partial charge on any atom is -0.357 e. The Bertz CT molecular complexity index is 384. The highest BCUT2D eigenvalue weighted by molar-refractivity contribution is 5.50. The smallest absolute Gasteiger partial charge is 0.131 e. The van der Waals surface area contributed by atoms with E-state index in [1.54, 1.807) is 0 Å². The predicted octanol–water partition coefficient (Wildman–Crippen LogP) is 2.71. The van der Waals surface area contributed by atoms with Gasteiger partial charge in [0.1, 0.15) is 5.82 Å². The summed E-state index contributed by atoms with van der Waals surface area (Å²) in [6.07, 6.45) is 1.22. The number of aromatic nitrogens is 2. The zero-order chi connectivity index (χ0) is 14.4. The van der Waals surface area contributed by atoms with Crippen LogP contribution in [-0.4, -0.2) is 29.4 Å². The zero-order valence-electron chi connectivity index (χ0n) is 13.5. The molecule has 1 atom stereocenters. The van der Waals surface area contributed by atoms with Crippen molar-refractivity contribution < 1.29 is 0 Å². The van der Waals surface area contributed by atoms with Gasteiger partial charge in [-0.2, -0.15) is 5.10 Å². The summed E-state index contributed by atoms with van der Waals surface area (Å²) in [7, 11) is 2.05. The van der Waals surface area contributed by atoms with Crippen molar-refractivity contribution in [1.82, 2.24) is 15.1 Å². The molecule has 1 heterocycles. The molecule has 0 fully saturated rings. The highest BCUT2D eigenvalue weighted by Crippen LogP contribution is 2.24. The van der Waals surface area contributed by atoms with Gasteiger partial charge < -0.3 is 10.2 Å². The summed E-state index contributed by atoms with van der Waals surface area (Å²) in [4.78, 5) is 2.46. The first kappa shape index (κ1) is 16.0. The fraction of sp³-hybridized carbons (Fsp3) is 0.800. The molecule has 0 amide bonds. The Labute approximate surface area is 118 Å². The van der Waals surface area contributed by atoms with Crippen LogP contribution < -0.4 is 10.2 Å². The summed E-state index contributed by atoms with van der Waals surface area (Å²) >= 11 is 0. The Morgan fingerprint density at radius 3 is 2.53 bits per heavy atom. The van der Waals surface area contributed by atoms with Crippen LogP contribution in [0.15, 0.2) is 0 Å². The molecule has 1 unspecified atom stereocenters. The molecule has 0 spiro atoms. The molecule has 0 saturated heterocycles. The molecule has 0 aromatic carbocycles. The van der Waals surface area contributed by atoms with Crippen LogP contribution in [0.2, 0.25) is 0 Å². The van der Waals surface area contributed by atoms with Gasteiger partial charge >= 0.3 is 0 Å². The van der Waals surface area contributed by atoms with Crippen molar-refractivity contribution in [2.45, 2.75) is 47.6 Å². The number of nitrogens with one attached hydrogen (secondary N) is 1. The number of anilines is 1. The molecule has 1 aromatic heterocycles. The molecule has 1 rings (SSSR count). The van der Waals surface area contributed by atoms with E-state index in [1.165, 1.54) is 17.8 Å². The second-order valence-corrected chi connectivity index (χ2v) is 5.34. The highest BCUT2D eigenvalue weighted by Gasteiger charge is 2.19. The third-order valence-electron chi connectivity index (χ3n) is 3.78. The average molecular weight is 266 g/mol. The lowest BCUT2D eigenvalue weighted by Crippen LogP contribution is -2.31. The van der Waals surface area contributed by atoms with Crippen LogP contribution in [0.5, 0.6) is 0 Å². The van der Waals surface area contributed by atoms with Crippen molar-refractivity contribution in [3.8, 4) is 0 Å². The van der Waals surface area contributed by atoms with E-state index in [4.69, 9.17) is 0 Å². The van der Waals surface area contributed by atoms with Gasteiger partial charge in [-0.25, -0.2) is 0 Å². The Morgan fingerprint density at radius 2 is 2.00 bits per heavy atom. The van der Waals surface area contributed by atoms with Crippen molar-refractivity contribution in [3.05, 3.63) is 11.3 Å². The van der Waals surface area contributed by atoms with Gasteiger partial charge in [-0.05, 0) is 26.3 Å². The number of rotatable bonds is 8. The molecular weight excluding hydrogens is 236 g/mol. The normalized spacial score (nSPS) is 12.7. The van der Waals surface area contributed by atoms with Crippen LogP contribution in [0.3, 0.4) is 0 Å². The number of hydrogen-bond donors (Lipinski definition) is 1. The van der Waals surface area contributed by atoms with Crippen molar-refractivity contribution >= 4 is 5.82 Å². The first-order chi connectivity index (χ1) is 9.04. The number of nitrogens with zero attached hydrogens (tertiary/aromatic N) is 3. The molecule has 110 valence electrons. The van der Waals surface area contributed by atoms with Crippen molar-refractivity contribution in [2.75, 3.05) is 24.5 Å². The molecular formula is C15H30N4. The molecule has 4 heteroatoms. The largest absolute Gasteiger partial charge is 0.357 e. The van der Waals surface area contributed by atoms with Gasteiger partial charge in [-0.1, -0.05) is 27.2 Å². The van der Waals surface area contributed by atoms with Gasteiger partial charge in [0.2, 0.25) is 0 Å². The average Bonchev–Trinajstić information content (AvgIpc) is 2.67. The standard InChI is InChI=1S/C15H30N4/c1-7-12(4)11-19(9-3)15-14(10-16-8-2)13(5)17-18(15)6/h12,16H,7-11H2,1-6H3. The van der Waals surface area contributed by atoms with E-state index in [0.717, 1.165) is 31.9 Å². The third-order valence-corrected chi connectivity index (χ3v) is 3.78. The first-order valence-corrected chi connectivity index (χ1v) is 7.53. The monoisotopic (exact) mass is 266 g/mol. The quantitative estimate of drug-likeness (QED) is 0.785. The lowest BCUT2D eigenvalue weighted by Gasteiger charge is -2.27. The first-order valence-electron chi connectivity index (χ1n) is 7.53. The molecule has 0 radical (unpaired) electrons. The van der Waals surface area contributed by atoms with E-state index >= 15 is 0 Å². The fourth-order valence-corrected chi connectivity index (χ4v) is 2.41. The van der Waals surface area contributed by atoms with E-state index in [2.05, 4.69) is 57.0 Å². The Morgan fingerprint density at radius 1 is 1.32 bits per heavy atom. The Balaban J connectivity index is 3.00. The zero-order valence-corrected chi connectivity index (χ0v) is 13.5. The topological polar surface area (TPSA) is 33.1 Å². The lowest BCUT2D eigenvalue weighted by molar-refractivity contribution is 0.537. The van der Waals surface area contributed by atoms with E-state index in [9.17, 15) is 0 Å². The number of aryl methyl sites for hydroxylation is 2. The summed E-state index contributed by atoms with van der Waals surface area (Å²) in [5, 5.41) is 8.03. The predicted molar refractivity (Wildman–Crippen MR) is 82.7 cm³/mol. The van der Waals surface area contributed by atoms with Gasteiger partial charge in [0.25, 0.3) is 0 Å². The summed E-state index contributed by atoms with van der Waals surface area (Å²) in [5.41, 5.74) is 2.48. The van der Waals surface area contributed by atoms with Crippen LogP contribution in [0, 0.1) is 12.8 Å². The van der Waals surface area contributed by atoms with Crippen LogP contribution in [-0.2, 0) is 13.6 Å². The Hall–Kier alpha value is -1.03. The van der Waals surface area contributed by atoms with Crippen LogP contribution in [0.25, 0.3) is 0 Å². The summed E-state index contributed by atoms with van der Waals surface area (Å²) < 4.78 is 2.04. The maximum absolute atomic E-state index is 4.60. The maximum atomic E-state index is 4.60. The van der Waals surface area contributed by atoms with Crippen LogP contribution in [0.4, 0.5) is 5.82 Å². The summed E-state index contributed by atoms with van der Waals surface area (Å²) in [6.45, 7) is 15.1. The lowest BCUT2D eigenvalue weighted by atomic mass is 10.1. The van der Waals surface area contributed by atoms with Gasteiger partial charge in [-0.3, -0.25) is 4.68 Å². The van der Waals surface area contributed by atoms with E-state index in [-0.39, 0.29) is 0 Å². The van der Waals surface area contributed by atoms with E-state index in [1.807, 2.05) is 4.68 Å². The van der Waals surface area contributed by atoms with Gasteiger partial charge in [0.05, 0.1) is 5.69 Å². The minimum atomic E-state index is 0.710. The molecule has 0 aliphatic carbocycles. The number of hydrogen-bond acceptors (Lipinski definition) is 3. The molecule has 0 aliphatic heterocycles. The second-order valence-electron chi connectivity index (χ2n) is 5.34. The molecule has 1 N–H and O–H groups in total. The maximum Gasteiger partial charge on any atom is 0.131 e. The van der Waals surface area contributed by atoms with Gasteiger partial charge in [0.15, 0.2) is 0 Å². The summed E-state index contributed by atoms with van der Waals surface area (Å²) in [6, 6.07) is 0. The fourth-order valence-electron chi connectivity index (χ4n) is 2.41. The van der Waals surface area contributed by atoms with Gasteiger partial charge in [0, 0.05) is 32.2 Å².